The van der Waals surface area contributed by atoms with Crippen molar-refractivity contribution in [3.63, 3.8) is 0 Å². The molecule has 2 rings (SSSR count). The molecule has 1 heterocycles. The van der Waals surface area contributed by atoms with Crippen LogP contribution in [0, 0.1) is 12.8 Å². The number of nitrogens with one attached hydrogen (secondary N) is 1. The fourth-order valence-electron chi connectivity index (χ4n) is 1.70. The molecular weight excluding hydrogens is 220 g/mol. The second kappa shape index (κ2) is 3.84. The number of hydrogen-bond donors (Lipinski definition) is 1. The fourth-order valence-corrected chi connectivity index (χ4v) is 2.73. The van der Waals surface area contributed by atoms with Crippen LogP contribution in [0.2, 0.25) is 0 Å². The van der Waals surface area contributed by atoms with E-state index in [4.69, 9.17) is 0 Å². The maximum atomic E-state index is 11.6. The number of thiazole rings is 1. The Morgan fingerprint density at radius 1 is 1.44 bits per heavy atom. The van der Waals surface area contributed by atoms with Crippen LogP contribution in [-0.4, -0.2) is 10.9 Å². The Bertz CT molecular complexity index is 413. The van der Waals surface area contributed by atoms with E-state index in [0.29, 0.717) is 0 Å². The number of carbonyl (C=O) groups excluding carboxylic acids is 1. The number of aromatic nitrogens is 1. The van der Waals surface area contributed by atoms with Crippen molar-refractivity contribution < 1.29 is 4.79 Å². The van der Waals surface area contributed by atoms with Crippen molar-refractivity contribution in [2.45, 2.75) is 46.0 Å². The van der Waals surface area contributed by atoms with Crippen molar-refractivity contribution in [1.82, 2.24) is 4.98 Å². The number of aryl methyl sites for hydroxylation is 1. The molecule has 0 spiro atoms. The van der Waals surface area contributed by atoms with Crippen LogP contribution in [0.3, 0.4) is 0 Å². The molecule has 1 aliphatic rings. The number of hydrogen-bond acceptors (Lipinski definition) is 3. The molecule has 0 radical (unpaired) electrons. The van der Waals surface area contributed by atoms with Crippen LogP contribution in [0.15, 0.2) is 0 Å². The lowest BCUT2D eigenvalue weighted by Crippen LogP contribution is -2.12. The summed E-state index contributed by atoms with van der Waals surface area (Å²) < 4.78 is 0. The Balaban J connectivity index is 2.14. The van der Waals surface area contributed by atoms with Crippen LogP contribution >= 0.6 is 11.3 Å². The van der Waals surface area contributed by atoms with Crippen molar-refractivity contribution in [1.29, 1.82) is 0 Å². The number of carbonyl (C=O) groups is 1. The first-order chi connectivity index (χ1) is 7.38. The molecule has 0 aliphatic heterocycles. The lowest BCUT2D eigenvalue weighted by molar-refractivity contribution is -0.117. The van der Waals surface area contributed by atoms with E-state index in [1.807, 2.05) is 6.92 Å². The Hall–Kier alpha value is -0.900. The van der Waals surface area contributed by atoms with Crippen LogP contribution in [-0.2, 0) is 10.2 Å². The maximum absolute atomic E-state index is 11.6. The van der Waals surface area contributed by atoms with E-state index in [9.17, 15) is 4.79 Å². The molecule has 1 saturated carbocycles. The van der Waals surface area contributed by atoms with E-state index in [2.05, 4.69) is 31.1 Å². The van der Waals surface area contributed by atoms with Gasteiger partial charge in [0.2, 0.25) is 5.91 Å². The van der Waals surface area contributed by atoms with Gasteiger partial charge in [-0.15, -0.1) is 11.3 Å². The zero-order valence-corrected chi connectivity index (χ0v) is 11.1. The van der Waals surface area contributed by atoms with Crippen LogP contribution in [0.25, 0.3) is 0 Å². The molecule has 4 heteroatoms. The van der Waals surface area contributed by atoms with Crippen LogP contribution in [0.4, 0.5) is 5.13 Å². The van der Waals surface area contributed by atoms with E-state index >= 15 is 0 Å². The molecule has 3 nitrogen and oxygen atoms in total. The molecule has 1 N–H and O–H groups in total. The van der Waals surface area contributed by atoms with E-state index in [1.165, 1.54) is 4.88 Å². The largest absolute Gasteiger partial charge is 0.302 e. The van der Waals surface area contributed by atoms with Crippen LogP contribution in [0.1, 0.15) is 44.2 Å². The molecule has 1 amide bonds. The summed E-state index contributed by atoms with van der Waals surface area (Å²) in [6.07, 6.45) is 2.06. The quantitative estimate of drug-likeness (QED) is 0.860. The first-order valence-electron chi connectivity index (χ1n) is 5.66. The third kappa shape index (κ3) is 2.43. The Labute approximate surface area is 100 Å². The second-order valence-electron chi connectivity index (χ2n) is 5.45. The summed E-state index contributed by atoms with van der Waals surface area (Å²) in [5.74, 6) is 0.372. The zero-order valence-electron chi connectivity index (χ0n) is 10.3. The Morgan fingerprint density at radius 2 is 2.06 bits per heavy atom. The van der Waals surface area contributed by atoms with Gasteiger partial charge in [-0.05, 0) is 25.2 Å². The summed E-state index contributed by atoms with van der Waals surface area (Å²) in [6, 6.07) is 0. The summed E-state index contributed by atoms with van der Waals surface area (Å²) in [6.45, 7) is 8.50. The lowest BCUT2D eigenvalue weighted by atomic mass is 9.94. The summed E-state index contributed by atoms with van der Waals surface area (Å²) in [5, 5.41) is 3.66. The van der Waals surface area contributed by atoms with Gasteiger partial charge in [0.15, 0.2) is 5.13 Å². The van der Waals surface area contributed by atoms with Gasteiger partial charge in [-0.3, -0.25) is 4.79 Å². The van der Waals surface area contributed by atoms with Crippen LogP contribution in [0.5, 0.6) is 0 Å². The predicted molar refractivity (Wildman–Crippen MR) is 66.9 cm³/mol. The van der Waals surface area contributed by atoms with Crippen molar-refractivity contribution in [2.24, 2.45) is 5.92 Å². The molecule has 1 aliphatic carbocycles. The smallest absolute Gasteiger partial charge is 0.229 e. The van der Waals surface area contributed by atoms with Gasteiger partial charge >= 0.3 is 0 Å². The monoisotopic (exact) mass is 238 g/mol. The highest BCUT2D eigenvalue weighted by molar-refractivity contribution is 7.16. The Morgan fingerprint density at radius 3 is 2.50 bits per heavy atom. The van der Waals surface area contributed by atoms with Crippen molar-refractivity contribution >= 4 is 22.4 Å². The SMILES string of the molecule is Cc1nc(NC(=O)C2CC2)sc1C(C)(C)C. The maximum Gasteiger partial charge on any atom is 0.229 e. The molecule has 0 unspecified atom stereocenters. The van der Waals surface area contributed by atoms with Gasteiger partial charge in [0.25, 0.3) is 0 Å². The van der Waals surface area contributed by atoms with Crippen molar-refractivity contribution in [3.05, 3.63) is 10.6 Å². The van der Waals surface area contributed by atoms with Gasteiger partial charge in [0.1, 0.15) is 0 Å². The highest BCUT2D eigenvalue weighted by Crippen LogP contribution is 2.35. The summed E-state index contributed by atoms with van der Waals surface area (Å²) in [7, 11) is 0. The highest BCUT2D eigenvalue weighted by atomic mass is 32.1. The number of amides is 1. The summed E-state index contributed by atoms with van der Waals surface area (Å²) in [5.41, 5.74) is 1.13. The normalized spacial score (nSPS) is 16.2. The summed E-state index contributed by atoms with van der Waals surface area (Å²) >= 11 is 1.60. The molecule has 88 valence electrons. The predicted octanol–water partition coefficient (Wildman–Crippen LogP) is 3.10. The van der Waals surface area contributed by atoms with Gasteiger partial charge in [0.05, 0.1) is 5.69 Å². The average molecular weight is 238 g/mol. The van der Waals surface area contributed by atoms with E-state index in [1.54, 1.807) is 11.3 Å². The summed E-state index contributed by atoms with van der Waals surface area (Å²) in [4.78, 5) is 17.3. The van der Waals surface area contributed by atoms with E-state index in [0.717, 1.165) is 23.7 Å². The first-order valence-corrected chi connectivity index (χ1v) is 6.48. The van der Waals surface area contributed by atoms with Gasteiger partial charge in [-0.1, -0.05) is 20.8 Å². The minimum absolute atomic E-state index is 0.101. The van der Waals surface area contributed by atoms with Crippen LogP contribution < -0.4 is 5.32 Å². The molecule has 0 aromatic carbocycles. The molecular formula is C12H18N2OS. The van der Waals surface area contributed by atoms with Crippen molar-refractivity contribution in [2.75, 3.05) is 5.32 Å². The fraction of sp³-hybridized carbons (Fsp3) is 0.667. The molecule has 0 saturated heterocycles. The minimum Gasteiger partial charge on any atom is -0.302 e. The van der Waals surface area contributed by atoms with Gasteiger partial charge in [-0.2, -0.15) is 0 Å². The lowest BCUT2D eigenvalue weighted by Gasteiger charge is -2.16. The number of rotatable bonds is 2. The topological polar surface area (TPSA) is 42.0 Å². The zero-order chi connectivity index (χ0) is 11.9. The second-order valence-corrected chi connectivity index (χ2v) is 6.45. The standard InChI is InChI=1S/C12H18N2OS/c1-7-9(12(2,3)4)16-11(13-7)14-10(15)8-5-6-8/h8H,5-6H2,1-4H3,(H,13,14,15). The molecule has 0 bridgehead atoms. The molecule has 16 heavy (non-hydrogen) atoms. The molecule has 0 atom stereocenters. The van der Waals surface area contributed by atoms with Gasteiger partial charge in [-0.25, -0.2) is 4.98 Å². The number of nitrogens with zero attached hydrogens (tertiary/aromatic N) is 1. The van der Waals surface area contributed by atoms with Gasteiger partial charge < -0.3 is 5.32 Å². The molecule has 1 aromatic rings. The van der Waals surface area contributed by atoms with Crippen molar-refractivity contribution in [3.8, 4) is 0 Å². The first kappa shape index (κ1) is 11.6. The number of anilines is 1. The third-order valence-corrected chi connectivity index (χ3v) is 4.15. The highest BCUT2D eigenvalue weighted by Gasteiger charge is 2.30. The van der Waals surface area contributed by atoms with E-state index < -0.39 is 0 Å². The average Bonchev–Trinajstić information content (AvgIpc) is 2.90. The molecule has 1 fully saturated rings. The minimum atomic E-state index is 0.101. The third-order valence-electron chi connectivity index (χ3n) is 2.66. The van der Waals surface area contributed by atoms with E-state index in [-0.39, 0.29) is 17.2 Å². The molecule has 1 aromatic heterocycles. The van der Waals surface area contributed by atoms with Gasteiger partial charge in [0, 0.05) is 10.8 Å². The Kier molecular flexibility index (Phi) is 2.78.